The van der Waals surface area contributed by atoms with Crippen LogP contribution in [0.3, 0.4) is 0 Å². The van der Waals surface area contributed by atoms with Gasteiger partial charge in [0.05, 0.1) is 11.3 Å². The van der Waals surface area contributed by atoms with Gasteiger partial charge in [0.1, 0.15) is 5.54 Å². The van der Waals surface area contributed by atoms with Gasteiger partial charge >= 0.3 is 0 Å². The second-order valence-electron chi connectivity index (χ2n) is 5.54. The highest BCUT2D eigenvalue weighted by Crippen LogP contribution is 2.36. The van der Waals surface area contributed by atoms with Gasteiger partial charge in [-0.3, -0.25) is 9.59 Å². The highest BCUT2D eigenvalue weighted by Gasteiger charge is 2.47. The van der Waals surface area contributed by atoms with E-state index in [-0.39, 0.29) is 11.8 Å². The molecule has 1 aliphatic carbocycles. The molecule has 2 amide bonds. The maximum absolute atomic E-state index is 13.0. The number of benzene rings is 1. The molecule has 1 N–H and O–H groups in total. The maximum Gasteiger partial charge on any atom is 0.254 e. The molecule has 1 saturated carbocycles. The van der Waals surface area contributed by atoms with E-state index in [1.807, 2.05) is 18.2 Å². The van der Waals surface area contributed by atoms with Crippen LogP contribution in [0.2, 0.25) is 0 Å². The van der Waals surface area contributed by atoms with E-state index in [2.05, 4.69) is 5.32 Å². The zero-order valence-electron chi connectivity index (χ0n) is 11.6. The highest BCUT2D eigenvalue weighted by atomic mass is 35.5. The maximum atomic E-state index is 13.0. The molecule has 1 aromatic rings. The fraction of sp³-hybridized carbons (Fsp3) is 0.375. The van der Waals surface area contributed by atoms with Gasteiger partial charge in [0.25, 0.3) is 11.8 Å². The Bertz CT molecular complexity index is 606. The number of nitrogens with zero attached hydrogens (tertiary/aromatic N) is 1. The molecule has 4 nitrogen and oxygen atoms in total. The lowest BCUT2D eigenvalue weighted by Gasteiger charge is -2.31. The minimum absolute atomic E-state index is 0.0342. The minimum atomic E-state index is -0.754. The average Bonchev–Trinajstić information content (AvgIpc) is 2.94. The van der Waals surface area contributed by atoms with Gasteiger partial charge in [-0.15, -0.1) is 0 Å². The molecule has 0 saturated heterocycles. The molecule has 21 heavy (non-hydrogen) atoms. The number of fused-ring (bicyclic) bond motifs is 1. The molecule has 1 aliphatic heterocycles. The Morgan fingerprint density at radius 1 is 1.24 bits per heavy atom. The van der Waals surface area contributed by atoms with E-state index in [9.17, 15) is 9.59 Å². The van der Waals surface area contributed by atoms with Gasteiger partial charge in [0.15, 0.2) is 0 Å². The van der Waals surface area contributed by atoms with Crippen LogP contribution in [0.4, 0.5) is 5.69 Å². The SMILES string of the molecule is O=C1NC2(CCCC2)C(=O)N(C/C=C/Cl)c2ccccc21. The van der Waals surface area contributed by atoms with E-state index in [1.54, 1.807) is 17.0 Å². The first-order valence-corrected chi connectivity index (χ1v) is 7.60. The largest absolute Gasteiger partial charge is 0.338 e. The Hall–Kier alpha value is -1.81. The monoisotopic (exact) mass is 304 g/mol. The summed E-state index contributed by atoms with van der Waals surface area (Å²) in [6.07, 6.45) is 5.04. The van der Waals surface area contributed by atoms with Gasteiger partial charge in [0.2, 0.25) is 0 Å². The molecule has 0 radical (unpaired) electrons. The molecule has 3 rings (SSSR count). The molecular formula is C16H17ClN2O2. The van der Waals surface area contributed by atoms with Crippen LogP contribution in [-0.2, 0) is 4.79 Å². The van der Waals surface area contributed by atoms with Crippen LogP contribution in [0.5, 0.6) is 0 Å². The first-order valence-electron chi connectivity index (χ1n) is 7.17. The van der Waals surface area contributed by atoms with Crippen LogP contribution >= 0.6 is 11.6 Å². The summed E-state index contributed by atoms with van der Waals surface area (Å²) in [6, 6.07) is 7.21. The van der Waals surface area contributed by atoms with Crippen LogP contribution in [0.25, 0.3) is 0 Å². The Morgan fingerprint density at radius 2 is 1.95 bits per heavy atom. The first kappa shape index (κ1) is 14.1. The Morgan fingerprint density at radius 3 is 2.67 bits per heavy atom. The third kappa shape index (κ3) is 2.33. The number of carbonyl (C=O) groups is 2. The van der Waals surface area contributed by atoms with E-state index in [4.69, 9.17) is 11.6 Å². The summed E-state index contributed by atoms with van der Waals surface area (Å²) in [4.78, 5) is 27.2. The van der Waals surface area contributed by atoms with Gasteiger partial charge in [-0.2, -0.15) is 0 Å². The predicted molar refractivity (Wildman–Crippen MR) is 82.5 cm³/mol. The van der Waals surface area contributed by atoms with Crippen molar-refractivity contribution in [3.8, 4) is 0 Å². The lowest BCUT2D eigenvalue weighted by atomic mass is 9.95. The van der Waals surface area contributed by atoms with Crippen molar-refractivity contribution in [1.29, 1.82) is 0 Å². The Kier molecular flexibility index (Phi) is 3.72. The third-order valence-electron chi connectivity index (χ3n) is 4.28. The molecule has 110 valence electrons. The number of rotatable bonds is 2. The topological polar surface area (TPSA) is 49.4 Å². The second-order valence-corrected chi connectivity index (χ2v) is 5.79. The molecular weight excluding hydrogens is 288 g/mol. The minimum Gasteiger partial charge on any atom is -0.338 e. The van der Waals surface area contributed by atoms with Crippen molar-refractivity contribution in [3.05, 3.63) is 41.4 Å². The van der Waals surface area contributed by atoms with Crippen molar-refractivity contribution in [2.75, 3.05) is 11.4 Å². The molecule has 1 heterocycles. The lowest BCUT2D eigenvalue weighted by Crippen LogP contribution is -2.56. The second kappa shape index (κ2) is 5.53. The Labute approximate surface area is 128 Å². The molecule has 0 unspecified atom stereocenters. The fourth-order valence-corrected chi connectivity index (χ4v) is 3.33. The quantitative estimate of drug-likeness (QED) is 0.913. The number of hydrogen-bond acceptors (Lipinski definition) is 2. The van der Waals surface area contributed by atoms with E-state index < -0.39 is 5.54 Å². The highest BCUT2D eigenvalue weighted by molar-refractivity contribution is 6.25. The number of carbonyl (C=O) groups excluding carboxylic acids is 2. The molecule has 1 spiro atoms. The van der Waals surface area contributed by atoms with Crippen LogP contribution in [0.1, 0.15) is 36.0 Å². The van der Waals surface area contributed by atoms with Gasteiger partial charge in [-0.1, -0.05) is 42.7 Å². The number of hydrogen-bond donors (Lipinski definition) is 1. The molecule has 2 aliphatic rings. The average molecular weight is 305 g/mol. The zero-order valence-corrected chi connectivity index (χ0v) is 12.4. The molecule has 0 atom stereocenters. The van der Waals surface area contributed by atoms with Crippen LogP contribution in [0.15, 0.2) is 35.9 Å². The fourth-order valence-electron chi connectivity index (χ4n) is 3.25. The lowest BCUT2D eigenvalue weighted by molar-refractivity contribution is -0.124. The van der Waals surface area contributed by atoms with Gasteiger partial charge < -0.3 is 10.2 Å². The number of nitrogens with one attached hydrogen (secondary N) is 1. The number of amides is 2. The smallest absolute Gasteiger partial charge is 0.254 e. The number of para-hydroxylation sites is 1. The molecule has 1 fully saturated rings. The van der Waals surface area contributed by atoms with E-state index in [0.29, 0.717) is 30.6 Å². The number of halogens is 1. The van der Waals surface area contributed by atoms with Crippen LogP contribution < -0.4 is 10.2 Å². The summed E-state index contributed by atoms with van der Waals surface area (Å²) >= 11 is 5.62. The Balaban J connectivity index is 2.10. The first-order chi connectivity index (χ1) is 10.2. The summed E-state index contributed by atoms with van der Waals surface area (Å²) in [6.45, 7) is 0.371. The standard InChI is InChI=1S/C16H17ClN2O2/c17-10-5-11-19-13-7-2-1-6-12(13)14(20)18-16(15(19)21)8-3-4-9-16/h1-2,5-7,10H,3-4,8-9,11H2,(H,18,20)/b10-5+. The summed E-state index contributed by atoms with van der Waals surface area (Å²) < 4.78 is 0. The van der Waals surface area contributed by atoms with Crippen molar-refractivity contribution in [3.63, 3.8) is 0 Å². The van der Waals surface area contributed by atoms with Gasteiger partial charge in [0, 0.05) is 12.1 Å². The molecule has 1 aromatic carbocycles. The zero-order chi connectivity index (χ0) is 14.9. The van der Waals surface area contributed by atoms with E-state index in [1.165, 1.54) is 5.54 Å². The summed E-state index contributed by atoms with van der Waals surface area (Å²) in [7, 11) is 0. The van der Waals surface area contributed by atoms with Gasteiger partial charge in [-0.25, -0.2) is 0 Å². The van der Waals surface area contributed by atoms with Crippen molar-refractivity contribution in [2.45, 2.75) is 31.2 Å². The normalized spacial score (nSPS) is 20.7. The molecule has 0 bridgehead atoms. The molecule has 5 heteroatoms. The predicted octanol–water partition coefficient (Wildman–Crippen LogP) is 2.83. The van der Waals surface area contributed by atoms with Crippen molar-refractivity contribution < 1.29 is 9.59 Å². The van der Waals surface area contributed by atoms with Crippen molar-refractivity contribution in [1.82, 2.24) is 5.32 Å². The third-order valence-corrected chi connectivity index (χ3v) is 4.46. The van der Waals surface area contributed by atoms with Crippen LogP contribution in [0, 0.1) is 0 Å². The van der Waals surface area contributed by atoms with Crippen LogP contribution in [-0.4, -0.2) is 23.9 Å². The summed E-state index contributed by atoms with van der Waals surface area (Å²) in [5.41, 5.74) is 1.84. The van der Waals surface area contributed by atoms with Crippen molar-refractivity contribution in [2.24, 2.45) is 0 Å². The molecule has 0 aromatic heterocycles. The van der Waals surface area contributed by atoms with E-state index in [0.717, 1.165) is 12.8 Å². The van der Waals surface area contributed by atoms with E-state index >= 15 is 0 Å². The number of anilines is 1. The summed E-state index contributed by atoms with van der Waals surface area (Å²) in [5, 5.41) is 2.98. The van der Waals surface area contributed by atoms with Crippen molar-refractivity contribution >= 4 is 29.1 Å². The van der Waals surface area contributed by atoms with Gasteiger partial charge in [-0.05, 0) is 25.0 Å². The summed E-state index contributed by atoms with van der Waals surface area (Å²) in [5.74, 6) is -0.203.